The molecule has 5 nitrogen and oxygen atoms in total. The molecule has 1 saturated heterocycles. The van der Waals surface area contributed by atoms with Crippen LogP contribution in [0, 0.1) is 11.2 Å². The zero-order chi connectivity index (χ0) is 20.7. The van der Waals surface area contributed by atoms with Crippen molar-refractivity contribution in [2.24, 2.45) is 11.1 Å². The molecular formula is C24H27Cl2FN4O. The summed E-state index contributed by atoms with van der Waals surface area (Å²) < 4.78 is 14.4. The lowest BCUT2D eigenvalue weighted by Gasteiger charge is -2.42. The van der Waals surface area contributed by atoms with Crippen LogP contribution in [-0.4, -0.2) is 39.9 Å². The zero-order valence-electron chi connectivity index (χ0n) is 17.7. The Hall–Kier alpha value is -2.28. The second-order valence-corrected chi connectivity index (χ2v) is 8.68. The van der Waals surface area contributed by atoms with Crippen LogP contribution in [0.5, 0.6) is 0 Å². The van der Waals surface area contributed by atoms with Gasteiger partial charge in [-0.15, -0.1) is 24.8 Å². The number of piperidine rings is 1. The highest BCUT2D eigenvalue weighted by atomic mass is 35.5. The van der Waals surface area contributed by atoms with Gasteiger partial charge in [-0.25, -0.2) is 14.4 Å². The molecule has 2 aromatic carbocycles. The third-order valence-electron chi connectivity index (χ3n) is 7.01. The summed E-state index contributed by atoms with van der Waals surface area (Å²) in [6.45, 7) is 1.37. The second-order valence-electron chi connectivity index (χ2n) is 8.68. The van der Waals surface area contributed by atoms with Crippen LogP contribution in [0.15, 0.2) is 48.9 Å². The van der Waals surface area contributed by atoms with Crippen molar-refractivity contribution in [3.8, 4) is 11.1 Å². The Labute approximate surface area is 199 Å². The number of hydrogen-bond donors (Lipinski definition) is 1. The van der Waals surface area contributed by atoms with Crippen LogP contribution in [0.1, 0.15) is 42.5 Å². The molecule has 5 rings (SSSR count). The molecule has 3 aromatic rings. The molecule has 2 fully saturated rings. The quantitative estimate of drug-likeness (QED) is 0.563. The van der Waals surface area contributed by atoms with E-state index in [1.165, 1.54) is 24.9 Å². The Morgan fingerprint density at radius 2 is 1.84 bits per heavy atom. The lowest BCUT2D eigenvalue weighted by Crippen LogP contribution is -2.48. The van der Waals surface area contributed by atoms with Gasteiger partial charge in [-0.2, -0.15) is 0 Å². The highest BCUT2D eigenvalue weighted by Crippen LogP contribution is 2.45. The van der Waals surface area contributed by atoms with Gasteiger partial charge < -0.3 is 10.6 Å². The molecule has 1 spiro atoms. The molecule has 1 amide bonds. The smallest absolute Gasteiger partial charge is 0.253 e. The topological polar surface area (TPSA) is 72.1 Å². The largest absolute Gasteiger partial charge is 0.339 e. The highest BCUT2D eigenvalue weighted by Gasteiger charge is 2.43. The summed E-state index contributed by atoms with van der Waals surface area (Å²) in [7, 11) is 0. The summed E-state index contributed by atoms with van der Waals surface area (Å²) in [6.07, 6.45) is 8.53. The third kappa shape index (κ3) is 4.45. The predicted octanol–water partition coefficient (Wildman–Crippen LogP) is 5.01. The lowest BCUT2D eigenvalue weighted by atomic mass is 9.74. The van der Waals surface area contributed by atoms with Crippen LogP contribution in [0.25, 0.3) is 22.0 Å². The minimum atomic E-state index is -0.412. The lowest BCUT2D eigenvalue weighted by molar-refractivity contribution is 0.0556. The first-order valence-corrected chi connectivity index (χ1v) is 10.6. The summed E-state index contributed by atoms with van der Waals surface area (Å²) in [5.74, 6) is -0.523. The van der Waals surface area contributed by atoms with Crippen molar-refractivity contribution in [2.45, 2.75) is 38.1 Å². The number of hydrogen-bond acceptors (Lipinski definition) is 4. The molecule has 0 bridgehead atoms. The van der Waals surface area contributed by atoms with Gasteiger partial charge in [-0.1, -0.05) is 18.6 Å². The molecule has 32 heavy (non-hydrogen) atoms. The van der Waals surface area contributed by atoms with Crippen LogP contribution >= 0.6 is 24.8 Å². The van der Waals surface area contributed by atoms with Crippen molar-refractivity contribution >= 4 is 41.6 Å². The molecule has 1 aliphatic carbocycles. The van der Waals surface area contributed by atoms with Crippen molar-refractivity contribution in [3.05, 3.63) is 60.3 Å². The Balaban J connectivity index is 0.00000144. The number of carbonyl (C=O) groups excluding carboxylic acids is 1. The van der Waals surface area contributed by atoms with E-state index in [-0.39, 0.29) is 42.2 Å². The Morgan fingerprint density at radius 1 is 1.06 bits per heavy atom. The van der Waals surface area contributed by atoms with Gasteiger partial charge >= 0.3 is 0 Å². The summed E-state index contributed by atoms with van der Waals surface area (Å²) in [5.41, 5.74) is 9.22. The maximum absolute atomic E-state index is 14.4. The van der Waals surface area contributed by atoms with Crippen molar-refractivity contribution in [3.63, 3.8) is 0 Å². The van der Waals surface area contributed by atoms with Crippen LogP contribution < -0.4 is 5.73 Å². The molecule has 1 aliphatic heterocycles. The van der Waals surface area contributed by atoms with E-state index >= 15 is 0 Å². The molecule has 1 unspecified atom stereocenters. The van der Waals surface area contributed by atoms with E-state index < -0.39 is 5.82 Å². The molecule has 1 atom stereocenters. The van der Waals surface area contributed by atoms with Gasteiger partial charge in [0.1, 0.15) is 12.1 Å². The van der Waals surface area contributed by atoms with Crippen molar-refractivity contribution < 1.29 is 9.18 Å². The maximum Gasteiger partial charge on any atom is 0.253 e. The fraction of sp³-hybridized carbons (Fsp3) is 0.375. The average molecular weight is 477 g/mol. The molecule has 1 aromatic heterocycles. The Morgan fingerprint density at radius 3 is 2.56 bits per heavy atom. The Kier molecular flexibility index (Phi) is 7.38. The summed E-state index contributed by atoms with van der Waals surface area (Å²) in [4.78, 5) is 23.3. The number of nitrogens with two attached hydrogens (primary N) is 1. The predicted molar refractivity (Wildman–Crippen MR) is 129 cm³/mol. The molecule has 8 heteroatoms. The Bertz CT molecular complexity index is 1120. The van der Waals surface area contributed by atoms with Gasteiger partial charge in [0.2, 0.25) is 0 Å². The molecule has 2 heterocycles. The fourth-order valence-corrected chi connectivity index (χ4v) is 5.16. The summed E-state index contributed by atoms with van der Waals surface area (Å²) in [5, 5.41) is 0.918. The first-order valence-electron chi connectivity index (χ1n) is 10.6. The summed E-state index contributed by atoms with van der Waals surface area (Å²) in [6, 6.07) is 10.5. The van der Waals surface area contributed by atoms with Crippen molar-refractivity contribution in [2.75, 3.05) is 13.1 Å². The minimum Gasteiger partial charge on any atom is -0.339 e. The van der Waals surface area contributed by atoms with Gasteiger partial charge in [0.25, 0.3) is 5.91 Å². The second kappa shape index (κ2) is 9.69. The van der Waals surface area contributed by atoms with Crippen LogP contribution in [0.4, 0.5) is 4.39 Å². The van der Waals surface area contributed by atoms with Gasteiger partial charge in [0.15, 0.2) is 0 Å². The number of benzene rings is 2. The molecule has 170 valence electrons. The molecule has 1 saturated carbocycles. The van der Waals surface area contributed by atoms with E-state index in [9.17, 15) is 9.18 Å². The van der Waals surface area contributed by atoms with Crippen LogP contribution in [0.2, 0.25) is 0 Å². The monoisotopic (exact) mass is 476 g/mol. The van der Waals surface area contributed by atoms with Crippen molar-refractivity contribution in [1.82, 2.24) is 14.9 Å². The highest BCUT2D eigenvalue weighted by molar-refractivity contribution is 5.96. The standard InChI is InChI=1S/C24H25FN4O.2ClH/c25-20-11-18(16-3-4-17-14-27-15-28-21(17)13-16)10-19(12-20)23(30)29-8-6-24(7-9-29)5-1-2-22(24)26;;/h3-4,10-15,22H,1-2,5-9,26H2;2*1H. The van der Waals surface area contributed by atoms with Crippen molar-refractivity contribution in [1.29, 1.82) is 0 Å². The molecular weight excluding hydrogens is 450 g/mol. The summed E-state index contributed by atoms with van der Waals surface area (Å²) >= 11 is 0. The fourth-order valence-electron chi connectivity index (χ4n) is 5.16. The van der Waals surface area contributed by atoms with Gasteiger partial charge in [0.05, 0.1) is 5.52 Å². The third-order valence-corrected chi connectivity index (χ3v) is 7.01. The van der Waals surface area contributed by atoms with Gasteiger partial charge in [0, 0.05) is 36.3 Å². The number of nitrogens with zero attached hydrogens (tertiary/aromatic N) is 3. The molecule has 0 radical (unpaired) electrons. The van der Waals surface area contributed by atoms with E-state index in [4.69, 9.17) is 5.73 Å². The average Bonchev–Trinajstić information content (AvgIpc) is 3.12. The van der Waals surface area contributed by atoms with Gasteiger partial charge in [-0.05, 0) is 66.5 Å². The van der Waals surface area contributed by atoms with E-state index in [0.717, 1.165) is 42.1 Å². The van der Waals surface area contributed by atoms with E-state index in [1.807, 2.05) is 23.1 Å². The number of amides is 1. The van der Waals surface area contributed by atoms with Crippen LogP contribution in [0.3, 0.4) is 0 Å². The van der Waals surface area contributed by atoms with E-state index in [1.54, 1.807) is 12.3 Å². The number of likely N-dealkylation sites (tertiary alicyclic amines) is 1. The van der Waals surface area contributed by atoms with Crippen LogP contribution in [-0.2, 0) is 0 Å². The first-order chi connectivity index (χ1) is 14.5. The SMILES string of the molecule is Cl.Cl.NC1CCCC12CCN(C(=O)c1cc(F)cc(-c3ccc4cncnc4c3)c1)CC2. The normalized spacial score (nSPS) is 19.4. The minimum absolute atomic E-state index is 0. The maximum atomic E-state index is 14.4. The van der Waals surface area contributed by atoms with E-state index in [0.29, 0.717) is 24.2 Å². The number of rotatable bonds is 2. The van der Waals surface area contributed by atoms with E-state index in [2.05, 4.69) is 9.97 Å². The number of aromatic nitrogens is 2. The number of carbonyl (C=O) groups is 1. The first kappa shape index (κ1) is 24.4. The molecule has 2 aliphatic rings. The molecule has 2 N–H and O–H groups in total. The number of fused-ring (bicyclic) bond motifs is 1. The zero-order valence-corrected chi connectivity index (χ0v) is 19.3. The van der Waals surface area contributed by atoms with Gasteiger partial charge in [-0.3, -0.25) is 4.79 Å². The number of halogens is 3.